The van der Waals surface area contributed by atoms with Crippen molar-refractivity contribution in [1.82, 2.24) is 0 Å². The van der Waals surface area contributed by atoms with Gasteiger partial charge in [-0.2, -0.15) is 0 Å². The minimum atomic E-state index is 0.0491. The minimum absolute atomic E-state index is 0.0491. The van der Waals surface area contributed by atoms with Crippen LogP contribution < -0.4 is 4.74 Å². The number of rotatable bonds is 2. The van der Waals surface area contributed by atoms with Gasteiger partial charge in [-0.15, -0.1) is 0 Å². The van der Waals surface area contributed by atoms with Gasteiger partial charge in [0.25, 0.3) is 0 Å². The van der Waals surface area contributed by atoms with E-state index in [0.717, 1.165) is 33.3 Å². The van der Waals surface area contributed by atoms with Gasteiger partial charge in [-0.1, -0.05) is 28.1 Å². The molecule has 1 aliphatic rings. The average Bonchev–Trinajstić information content (AvgIpc) is 2.80. The lowest BCUT2D eigenvalue weighted by Gasteiger charge is -2.06. The van der Waals surface area contributed by atoms with E-state index >= 15 is 0 Å². The number of carbonyl (C=O) groups excluding carboxylic acids is 1. The number of halogens is 1. The Bertz CT molecular complexity index is 691. The second kappa shape index (κ2) is 5.06. The lowest BCUT2D eigenvalue weighted by molar-refractivity contribution is 0.103. The third-order valence-corrected chi connectivity index (χ3v) is 4.45. The maximum Gasteiger partial charge on any atom is 0.193 e. The number of carbonyl (C=O) groups is 1. The lowest BCUT2D eigenvalue weighted by atomic mass is 9.99. The van der Waals surface area contributed by atoms with Crippen molar-refractivity contribution in [3.05, 3.63) is 63.1 Å². The molecule has 3 heteroatoms. The van der Waals surface area contributed by atoms with Crippen LogP contribution in [0, 0.1) is 6.92 Å². The zero-order chi connectivity index (χ0) is 14.3. The van der Waals surface area contributed by atoms with Gasteiger partial charge >= 0.3 is 0 Å². The Morgan fingerprint density at radius 1 is 1.20 bits per heavy atom. The molecule has 1 unspecified atom stereocenters. The summed E-state index contributed by atoms with van der Waals surface area (Å²) in [6.07, 6.45) is 1.07. The standard InChI is InChI=1S/C17H15BrO2/c1-10-3-4-13(9-15(10)18)17(19)12-5-6-16-14(8-12)7-11(2)20-16/h3-6,8-9,11H,7H2,1-2H3. The first-order valence-electron chi connectivity index (χ1n) is 6.65. The molecule has 1 aliphatic heterocycles. The van der Waals surface area contributed by atoms with Crippen molar-refractivity contribution >= 4 is 21.7 Å². The van der Waals surface area contributed by atoms with E-state index in [-0.39, 0.29) is 11.9 Å². The zero-order valence-electron chi connectivity index (χ0n) is 11.4. The molecule has 2 aromatic rings. The van der Waals surface area contributed by atoms with Crippen LogP contribution in [0.2, 0.25) is 0 Å². The monoisotopic (exact) mass is 330 g/mol. The van der Waals surface area contributed by atoms with E-state index < -0.39 is 0 Å². The second-order valence-electron chi connectivity index (χ2n) is 5.25. The van der Waals surface area contributed by atoms with E-state index in [2.05, 4.69) is 15.9 Å². The van der Waals surface area contributed by atoms with Crippen molar-refractivity contribution < 1.29 is 9.53 Å². The minimum Gasteiger partial charge on any atom is -0.490 e. The van der Waals surface area contributed by atoms with Gasteiger partial charge in [0.2, 0.25) is 0 Å². The highest BCUT2D eigenvalue weighted by atomic mass is 79.9. The topological polar surface area (TPSA) is 26.3 Å². The Kier molecular flexibility index (Phi) is 3.38. The normalized spacial score (nSPS) is 16.6. The number of hydrogen-bond donors (Lipinski definition) is 0. The van der Waals surface area contributed by atoms with E-state index in [4.69, 9.17) is 4.74 Å². The summed E-state index contributed by atoms with van der Waals surface area (Å²) in [7, 11) is 0. The number of aryl methyl sites for hydroxylation is 1. The van der Waals surface area contributed by atoms with Crippen molar-refractivity contribution in [1.29, 1.82) is 0 Å². The van der Waals surface area contributed by atoms with Crippen molar-refractivity contribution in [2.24, 2.45) is 0 Å². The van der Waals surface area contributed by atoms with Crippen LogP contribution in [0.5, 0.6) is 5.75 Å². The second-order valence-corrected chi connectivity index (χ2v) is 6.10. The number of ketones is 1. The summed E-state index contributed by atoms with van der Waals surface area (Å²) < 4.78 is 6.62. The van der Waals surface area contributed by atoms with Gasteiger partial charge in [-0.3, -0.25) is 4.79 Å². The maximum absolute atomic E-state index is 12.5. The summed E-state index contributed by atoms with van der Waals surface area (Å²) in [6, 6.07) is 11.4. The van der Waals surface area contributed by atoms with Gasteiger partial charge in [-0.05, 0) is 49.2 Å². The largest absolute Gasteiger partial charge is 0.490 e. The molecule has 0 spiro atoms. The molecule has 1 atom stereocenters. The van der Waals surface area contributed by atoms with Crippen LogP contribution in [0.25, 0.3) is 0 Å². The van der Waals surface area contributed by atoms with Crippen molar-refractivity contribution in [2.45, 2.75) is 26.4 Å². The Hall–Kier alpha value is -1.61. The number of ether oxygens (including phenoxy) is 1. The fraction of sp³-hybridized carbons (Fsp3) is 0.235. The first kappa shape index (κ1) is 13.4. The summed E-state index contributed by atoms with van der Waals surface area (Å²) in [6.45, 7) is 4.05. The molecule has 0 radical (unpaired) electrons. The molecular weight excluding hydrogens is 316 g/mol. The average molecular weight is 331 g/mol. The van der Waals surface area contributed by atoms with E-state index in [1.807, 2.05) is 50.2 Å². The summed E-state index contributed by atoms with van der Waals surface area (Å²) in [5.74, 6) is 0.951. The summed E-state index contributed by atoms with van der Waals surface area (Å²) >= 11 is 3.47. The summed E-state index contributed by atoms with van der Waals surface area (Å²) in [5.41, 5.74) is 3.67. The van der Waals surface area contributed by atoms with Crippen molar-refractivity contribution in [3.8, 4) is 5.75 Å². The van der Waals surface area contributed by atoms with Crippen molar-refractivity contribution in [2.75, 3.05) is 0 Å². The van der Waals surface area contributed by atoms with Crippen LogP contribution in [0.15, 0.2) is 40.9 Å². The van der Waals surface area contributed by atoms with E-state index in [1.54, 1.807) is 0 Å². The highest BCUT2D eigenvalue weighted by Gasteiger charge is 2.20. The van der Waals surface area contributed by atoms with Gasteiger partial charge in [0, 0.05) is 22.0 Å². The molecule has 0 aromatic heterocycles. The third kappa shape index (κ3) is 2.38. The highest BCUT2D eigenvalue weighted by Crippen LogP contribution is 2.30. The van der Waals surface area contributed by atoms with Gasteiger partial charge in [0.1, 0.15) is 11.9 Å². The molecule has 102 valence electrons. The van der Waals surface area contributed by atoms with Crippen LogP contribution in [-0.4, -0.2) is 11.9 Å². The Morgan fingerprint density at radius 3 is 2.65 bits per heavy atom. The Morgan fingerprint density at radius 2 is 1.90 bits per heavy atom. The maximum atomic E-state index is 12.5. The van der Waals surface area contributed by atoms with Crippen LogP contribution in [0.1, 0.15) is 34.0 Å². The molecule has 20 heavy (non-hydrogen) atoms. The Balaban J connectivity index is 1.95. The zero-order valence-corrected chi connectivity index (χ0v) is 13.0. The third-order valence-electron chi connectivity index (χ3n) is 3.59. The highest BCUT2D eigenvalue weighted by molar-refractivity contribution is 9.10. The number of benzene rings is 2. The number of fused-ring (bicyclic) bond motifs is 1. The molecule has 0 aliphatic carbocycles. The van der Waals surface area contributed by atoms with E-state index in [0.29, 0.717) is 5.56 Å². The SMILES string of the molecule is Cc1ccc(C(=O)c2ccc3c(c2)CC(C)O3)cc1Br. The van der Waals surface area contributed by atoms with Crippen molar-refractivity contribution in [3.63, 3.8) is 0 Å². The predicted octanol–water partition coefficient (Wildman–Crippen LogP) is 4.31. The predicted molar refractivity (Wildman–Crippen MR) is 82.5 cm³/mol. The lowest BCUT2D eigenvalue weighted by Crippen LogP contribution is -2.05. The summed E-state index contributed by atoms with van der Waals surface area (Å²) in [4.78, 5) is 12.5. The van der Waals surface area contributed by atoms with Gasteiger partial charge in [0.05, 0.1) is 0 Å². The summed E-state index contributed by atoms with van der Waals surface area (Å²) in [5, 5.41) is 0. The molecule has 2 nitrogen and oxygen atoms in total. The molecule has 1 heterocycles. The quantitative estimate of drug-likeness (QED) is 0.767. The van der Waals surface area contributed by atoms with Crippen LogP contribution in [0.3, 0.4) is 0 Å². The molecule has 0 saturated heterocycles. The van der Waals surface area contributed by atoms with Crippen LogP contribution in [0.4, 0.5) is 0 Å². The molecule has 0 amide bonds. The number of hydrogen-bond acceptors (Lipinski definition) is 2. The molecule has 2 aromatic carbocycles. The van der Waals surface area contributed by atoms with Gasteiger partial charge in [0.15, 0.2) is 5.78 Å². The first-order chi connectivity index (χ1) is 9.54. The van der Waals surface area contributed by atoms with Gasteiger partial charge in [-0.25, -0.2) is 0 Å². The first-order valence-corrected chi connectivity index (χ1v) is 7.44. The Labute approximate surface area is 126 Å². The van der Waals surface area contributed by atoms with E-state index in [1.165, 1.54) is 0 Å². The molecule has 3 rings (SSSR count). The fourth-order valence-corrected chi connectivity index (χ4v) is 2.84. The molecule has 0 bridgehead atoms. The molecular formula is C17H15BrO2. The fourth-order valence-electron chi connectivity index (χ4n) is 2.46. The smallest absolute Gasteiger partial charge is 0.193 e. The molecule has 0 saturated carbocycles. The van der Waals surface area contributed by atoms with Crippen LogP contribution in [-0.2, 0) is 6.42 Å². The van der Waals surface area contributed by atoms with Gasteiger partial charge < -0.3 is 4.74 Å². The molecule has 0 N–H and O–H groups in total. The van der Waals surface area contributed by atoms with Crippen LogP contribution >= 0.6 is 15.9 Å². The van der Waals surface area contributed by atoms with E-state index in [9.17, 15) is 4.79 Å². The molecule has 0 fully saturated rings.